The summed E-state index contributed by atoms with van der Waals surface area (Å²) in [6, 6.07) is 7.61. The number of urea groups is 1. The minimum atomic E-state index is -0.173. The molecule has 3 rings (SSSR count). The van der Waals surface area contributed by atoms with E-state index in [9.17, 15) is 9.59 Å². The van der Waals surface area contributed by atoms with E-state index >= 15 is 0 Å². The highest BCUT2D eigenvalue weighted by atomic mass is 16.5. The van der Waals surface area contributed by atoms with Crippen LogP contribution in [0.15, 0.2) is 24.3 Å². The van der Waals surface area contributed by atoms with E-state index < -0.39 is 0 Å². The number of amides is 3. The monoisotopic (exact) mass is 460 g/mol. The number of ether oxygens (including phenoxy) is 2. The highest BCUT2D eigenvalue weighted by Gasteiger charge is 2.26. The molecule has 0 aliphatic carbocycles. The Morgan fingerprint density at radius 3 is 2.27 bits per heavy atom. The third-order valence-corrected chi connectivity index (χ3v) is 6.16. The quantitative estimate of drug-likeness (QED) is 0.623. The lowest BCUT2D eigenvalue weighted by Crippen LogP contribution is -2.50. The van der Waals surface area contributed by atoms with Gasteiger partial charge in [-0.3, -0.25) is 9.69 Å². The molecule has 2 aliphatic heterocycles. The molecule has 8 heteroatoms. The molecule has 1 aromatic rings. The first-order valence-corrected chi connectivity index (χ1v) is 12.2. The molecule has 0 saturated carbocycles. The molecular formula is C25H40N4O4. The summed E-state index contributed by atoms with van der Waals surface area (Å²) in [5.41, 5.74) is 1.61. The van der Waals surface area contributed by atoms with Crippen LogP contribution in [0, 0.1) is 5.92 Å². The van der Waals surface area contributed by atoms with E-state index in [0.717, 1.165) is 38.3 Å². The van der Waals surface area contributed by atoms with E-state index in [1.165, 1.54) is 0 Å². The molecule has 2 heterocycles. The largest absolute Gasteiger partial charge is 0.379 e. The lowest BCUT2D eigenvalue weighted by Gasteiger charge is -2.35. The molecule has 2 fully saturated rings. The summed E-state index contributed by atoms with van der Waals surface area (Å²) in [7, 11) is 0. The lowest BCUT2D eigenvalue weighted by atomic mass is 10.0. The first-order valence-electron chi connectivity index (χ1n) is 12.2. The van der Waals surface area contributed by atoms with Gasteiger partial charge in [-0.15, -0.1) is 0 Å². The fourth-order valence-electron chi connectivity index (χ4n) is 4.60. The Hall–Kier alpha value is -2.16. The van der Waals surface area contributed by atoms with E-state index in [4.69, 9.17) is 9.47 Å². The van der Waals surface area contributed by atoms with Crippen molar-refractivity contribution in [2.24, 2.45) is 5.92 Å². The molecule has 0 radical (unpaired) electrons. The average Bonchev–Trinajstić information content (AvgIpc) is 2.80. The van der Waals surface area contributed by atoms with Gasteiger partial charge < -0.3 is 25.0 Å². The maximum Gasteiger partial charge on any atom is 0.315 e. The Labute approximate surface area is 198 Å². The SMILES string of the molecule is CC(C)CC(CNC(=O)NCc1ccc(C(=O)N2CC(C)OC(C)C2)cc1)N1CCOCC1. The third-order valence-electron chi connectivity index (χ3n) is 6.16. The zero-order chi connectivity index (χ0) is 23.8. The Morgan fingerprint density at radius 1 is 1.03 bits per heavy atom. The van der Waals surface area contributed by atoms with Gasteiger partial charge in [0, 0.05) is 50.9 Å². The lowest BCUT2D eigenvalue weighted by molar-refractivity contribution is -0.0586. The standard InChI is InChI=1S/C25H40N4O4/c1-18(2)13-23(28-9-11-32-12-10-28)15-27-25(31)26-14-21-5-7-22(8-6-21)24(30)29-16-19(3)33-20(4)17-29/h5-8,18-20,23H,9-17H2,1-4H3,(H2,26,27,31). The number of carbonyl (C=O) groups is 2. The predicted molar refractivity (Wildman–Crippen MR) is 128 cm³/mol. The van der Waals surface area contributed by atoms with Gasteiger partial charge in [0.2, 0.25) is 0 Å². The second-order valence-corrected chi connectivity index (χ2v) is 9.66. The summed E-state index contributed by atoms with van der Waals surface area (Å²) in [6.45, 7) is 14.0. The number of carbonyl (C=O) groups excluding carboxylic acids is 2. The molecule has 2 N–H and O–H groups in total. The highest BCUT2D eigenvalue weighted by Crippen LogP contribution is 2.15. The number of rotatable bonds is 8. The molecular weight excluding hydrogens is 420 g/mol. The van der Waals surface area contributed by atoms with E-state index in [-0.39, 0.29) is 24.1 Å². The van der Waals surface area contributed by atoms with Crippen LogP contribution in [0.2, 0.25) is 0 Å². The molecule has 2 aliphatic rings. The van der Waals surface area contributed by atoms with Crippen LogP contribution in [-0.2, 0) is 16.0 Å². The molecule has 2 saturated heterocycles. The molecule has 3 amide bonds. The van der Waals surface area contributed by atoms with Crippen molar-refractivity contribution in [2.45, 2.75) is 58.9 Å². The van der Waals surface area contributed by atoms with Gasteiger partial charge in [-0.25, -0.2) is 4.79 Å². The minimum Gasteiger partial charge on any atom is -0.379 e. The van der Waals surface area contributed by atoms with Gasteiger partial charge in [-0.05, 0) is 43.9 Å². The average molecular weight is 461 g/mol. The van der Waals surface area contributed by atoms with Crippen molar-refractivity contribution in [3.05, 3.63) is 35.4 Å². The van der Waals surface area contributed by atoms with Crippen molar-refractivity contribution in [2.75, 3.05) is 45.9 Å². The van der Waals surface area contributed by atoms with E-state index in [1.807, 2.05) is 43.0 Å². The number of hydrogen-bond donors (Lipinski definition) is 2. The summed E-state index contributed by atoms with van der Waals surface area (Å²) in [4.78, 5) is 29.5. The Bertz CT molecular complexity index is 754. The second kappa shape index (κ2) is 12.3. The Morgan fingerprint density at radius 2 is 1.67 bits per heavy atom. The highest BCUT2D eigenvalue weighted by molar-refractivity contribution is 5.94. The maximum absolute atomic E-state index is 12.8. The van der Waals surface area contributed by atoms with Gasteiger partial charge in [0.25, 0.3) is 5.91 Å². The normalized spacial score (nSPS) is 22.8. The molecule has 184 valence electrons. The minimum absolute atomic E-state index is 0.0218. The van der Waals surface area contributed by atoms with Gasteiger partial charge in [0.05, 0.1) is 25.4 Å². The van der Waals surface area contributed by atoms with Crippen LogP contribution in [0.4, 0.5) is 4.79 Å². The van der Waals surface area contributed by atoms with Crippen molar-refractivity contribution < 1.29 is 19.1 Å². The Balaban J connectivity index is 1.45. The summed E-state index contributed by atoms with van der Waals surface area (Å²) in [5.74, 6) is 0.585. The third kappa shape index (κ3) is 7.98. The van der Waals surface area contributed by atoms with Crippen LogP contribution in [0.1, 0.15) is 50.0 Å². The molecule has 0 aromatic heterocycles. The number of nitrogens with one attached hydrogen (secondary N) is 2. The van der Waals surface area contributed by atoms with Crippen LogP contribution in [0.3, 0.4) is 0 Å². The van der Waals surface area contributed by atoms with Crippen molar-refractivity contribution in [1.82, 2.24) is 20.4 Å². The smallest absolute Gasteiger partial charge is 0.315 e. The first-order chi connectivity index (χ1) is 15.8. The van der Waals surface area contributed by atoms with Gasteiger partial charge in [0.15, 0.2) is 0 Å². The zero-order valence-corrected chi connectivity index (χ0v) is 20.5. The van der Waals surface area contributed by atoms with Crippen LogP contribution in [0.5, 0.6) is 0 Å². The van der Waals surface area contributed by atoms with Crippen LogP contribution in [-0.4, -0.2) is 85.9 Å². The first kappa shape index (κ1) is 25.5. The topological polar surface area (TPSA) is 83.1 Å². The van der Waals surface area contributed by atoms with Crippen molar-refractivity contribution >= 4 is 11.9 Å². The molecule has 3 unspecified atom stereocenters. The maximum atomic E-state index is 12.8. The van der Waals surface area contributed by atoms with Gasteiger partial charge in [0.1, 0.15) is 0 Å². The second-order valence-electron chi connectivity index (χ2n) is 9.66. The molecule has 3 atom stereocenters. The summed E-state index contributed by atoms with van der Waals surface area (Å²) in [6.07, 6.45) is 1.13. The fraction of sp³-hybridized carbons (Fsp3) is 0.680. The number of benzene rings is 1. The summed E-state index contributed by atoms with van der Waals surface area (Å²) in [5, 5.41) is 5.96. The fourth-order valence-corrected chi connectivity index (χ4v) is 4.60. The molecule has 0 bridgehead atoms. The van der Waals surface area contributed by atoms with E-state index in [1.54, 1.807) is 0 Å². The van der Waals surface area contributed by atoms with Gasteiger partial charge >= 0.3 is 6.03 Å². The van der Waals surface area contributed by atoms with Gasteiger partial charge in [-0.1, -0.05) is 26.0 Å². The Kier molecular flexibility index (Phi) is 9.52. The van der Waals surface area contributed by atoms with Crippen LogP contribution < -0.4 is 10.6 Å². The molecule has 0 spiro atoms. The van der Waals surface area contributed by atoms with Crippen molar-refractivity contribution in [3.63, 3.8) is 0 Å². The van der Waals surface area contributed by atoms with E-state index in [0.29, 0.717) is 43.7 Å². The molecule has 33 heavy (non-hydrogen) atoms. The van der Waals surface area contributed by atoms with E-state index in [2.05, 4.69) is 29.4 Å². The van der Waals surface area contributed by atoms with Crippen molar-refractivity contribution in [1.29, 1.82) is 0 Å². The number of morpholine rings is 2. The van der Waals surface area contributed by atoms with Crippen molar-refractivity contribution in [3.8, 4) is 0 Å². The number of hydrogen-bond acceptors (Lipinski definition) is 5. The zero-order valence-electron chi connectivity index (χ0n) is 20.5. The summed E-state index contributed by atoms with van der Waals surface area (Å²) < 4.78 is 11.2. The van der Waals surface area contributed by atoms with Crippen LogP contribution >= 0.6 is 0 Å². The molecule has 8 nitrogen and oxygen atoms in total. The predicted octanol–water partition coefficient (Wildman–Crippen LogP) is 2.48. The van der Waals surface area contributed by atoms with Crippen LogP contribution in [0.25, 0.3) is 0 Å². The van der Waals surface area contributed by atoms with Gasteiger partial charge in [-0.2, -0.15) is 0 Å². The number of nitrogens with zero attached hydrogens (tertiary/aromatic N) is 2. The molecule has 1 aromatic carbocycles. The summed E-state index contributed by atoms with van der Waals surface area (Å²) >= 11 is 0.